The van der Waals surface area contributed by atoms with Gasteiger partial charge in [0.15, 0.2) is 0 Å². The maximum Gasteiger partial charge on any atom is 0.122 e. The summed E-state index contributed by atoms with van der Waals surface area (Å²) in [5, 5.41) is 0. The second-order valence-corrected chi connectivity index (χ2v) is 3.22. The Morgan fingerprint density at radius 1 is 1.07 bits per heavy atom. The zero-order valence-electron chi connectivity index (χ0n) is 8.46. The Morgan fingerprint density at radius 2 is 1.67 bits per heavy atom. The van der Waals surface area contributed by atoms with Crippen LogP contribution in [0.15, 0.2) is 30.3 Å². The SMILES string of the molecule is O=CCC(CC=O)OCc1ccccc1. The average molecular weight is 206 g/mol. The van der Waals surface area contributed by atoms with Gasteiger partial charge in [-0.25, -0.2) is 0 Å². The van der Waals surface area contributed by atoms with Gasteiger partial charge in [-0.2, -0.15) is 0 Å². The maximum absolute atomic E-state index is 10.3. The Hall–Kier alpha value is -1.48. The van der Waals surface area contributed by atoms with E-state index in [2.05, 4.69) is 0 Å². The summed E-state index contributed by atoms with van der Waals surface area (Å²) in [6, 6.07) is 9.66. The standard InChI is InChI=1S/C12H14O3/c13-8-6-12(7-9-14)15-10-11-4-2-1-3-5-11/h1-5,8-9,12H,6-7,10H2. The summed E-state index contributed by atoms with van der Waals surface area (Å²) in [4.78, 5) is 20.6. The third-order valence-corrected chi connectivity index (χ3v) is 2.05. The molecule has 0 saturated carbocycles. The second-order valence-electron chi connectivity index (χ2n) is 3.22. The lowest BCUT2D eigenvalue weighted by Gasteiger charge is -2.12. The van der Waals surface area contributed by atoms with Gasteiger partial charge in [0.05, 0.1) is 12.7 Å². The first kappa shape index (κ1) is 11.6. The van der Waals surface area contributed by atoms with Crippen molar-refractivity contribution in [3.05, 3.63) is 35.9 Å². The van der Waals surface area contributed by atoms with Crippen molar-refractivity contribution in [2.24, 2.45) is 0 Å². The molecule has 0 fully saturated rings. The summed E-state index contributed by atoms with van der Waals surface area (Å²) in [5.74, 6) is 0. The molecule has 15 heavy (non-hydrogen) atoms. The van der Waals surface area contributed by atoms with E-state index in [0.29, 0.717) is 6.61 Å². The normalized spacial score (nSPS) is 10.2. The van der Waals surface area contributed by atoms with Crippen LogP contribution >= 0.6 is 0 Å². The van der Waals surface area contributed by atoms with Crippen LogP contribution in [0.25, 0.3) is 0 Å². The van der Waals surface area contributed by atoms with Crippen LogP contribution in [-0.4, -0.2) is 18.7 Å². The molecule has 0 unspecified atom stereocenters. The van der Waals surface area contributed by atoms with Gasteiger partial charge < -0.3 is 14.3 Å². The molecular formula is C12H14O3. The fraction of sp³-hybridized carbons (Fsp3) is 0.333. The number of benzene rings is 1. The quantitative estimate of drug-likeness (QED) is 0.638. The van der Waals surface area contributed by atoms with Crippen LogP contribution in [0.3, 0.4) is 0 Å². The lowest BCUT2D eigenvalue weighted by Crippen LogP contribution is -2.14. The van der Waals surface area contributed by atoms with Gasteiger partial charge in [0.25, 0.3) is 0 Å². The van der Waals surface area contributed by atoms with Gasteiger partial charge in [-0.3, -0.25) is 0 Å². The Bertz CT molecular complexity index is 285. The molecule has 0 spiro atoms. The van der Waals surface area contributed by atoms with Gasteiger partial charge >= 0.3 is 0 Å². The lowest BCUT2D eigenvalue weighted by molar-refractivity contribution is -0.114. The third kappa shape index (κ3) is 4.51. The third-order valence-electron chi connectivity index (χ3n) is 2.05. The van der Waals surface area contributed by atoms with Crippen molar-refractivity contribution < 1.29 is 14.3 Å². The van der Waals surface area contributed by atoms with Crippen LogP contribution in [0.5, 0.6) is 0 Å². The summed E-state index contributed by atoms with van der Waals surface area (Å²) in [6.45, 7) is 0.438. The summed E-state index contributed by atoms with van der Waals surface area (Å²) >= 11 is 0. The minimum atomic E-state index is -0.291. The van der Waals surface area contributed by atoms with Crippen molar-refractivity contribution in [1.29, 1.82) is 0 Å². The first-order valence-electron chi connectivity index (χ1n) is 4.89. The first-order valence-corrected chi connectivity index (χ1v) is 4.89. The van der Waals surface area contributed by atoms with E-state index in [1.165, 1.54) is 0 Å². The van der Waals surface area contributed by atoms with E-state index >= 15 is 0 Å². The molecule has 1 aromatic rings. The topological polar surface area (TPSA) is 43.4 Å². The fourth-order valence-corrected chi connectivity index (χ4v) is 1.24. The molecule has 0 amide bonds. The van der Waals surface area contributed by atoms with Crippen molar-refractivity contribution in [2.75, 3.05) is 0 Å². The van der Waals surface area contributed by atoms with Crippen LogP contribution in [0.1, 0.15) is 18.4 Å². The van der Waals surface area contributed by atoms with E-state index < -0.39 is 0 Å². The highest BCUT2D eigenvalue weighted by molar-refractivity contribution is 5.54. The van der Waals surface area contributed by atoms with Crippen LogP contribution in [0.4, 0.5) is 0 Å². The highest BCUT2D eigenvalue weighted by atomic mass is 16.5. The molecular weight excluding hydrogens is 192 g/mol. The zero-order chi connectivity index (χ0) is 10.9. The molecule has 0 aliphatic heterocycles. The Kier molecular flexibility index (Phi) is 5.33. The number of carbonyl (C=O) groups excluding carboxylic acids is 2. The largest absolute Gasteiger partial charge is 0.373 e. The van der Waals surface area contributed by atoms with Crippen LogP contribution in [0, 0.1) is 0 Å². The second kappa shape index (κ2) is 6.90. The van der Waals surface area contributed by atoms with Crippen molar-refractivity contribution in [1.82, 2.24) is 0 Å². The van der Waals surface area contributed by atoms with Gasteiger partial charge in [0, 0.05) is 12.8 Å². The van der Waals surface area contributed by atoms with E-state index in [-0.39, 0.29) is 18.9 Å². The molecule has 0 aliphatic carbocycles. The first-order chi connectivity index (χ1) is 7.36. The number of ether oxygens (including phenoxy) is 1. The molecule has 3 nitrogen and oxygen atoms in total. The monoisotopic (exact) mass is 206 g/mol. The van der Waals surface area contributed by atoms with Crippen molar-refractivity contribution in [2.45, 2.75) is 25.6 Å². The predicted molar refractivity (Wildman–Crippen MR) is 56.4 cm³/mol. The molecule has 3 heteroatoms. The molecule has 0 radical (unpaired) electrons. The molecule has 1 aromatic carbocycles. The highest BCUT2D eigenvalue weighted by Gasteiger charge is 2.07. The van der Waals surface area contributed by atoms with Crippen molar-refractivity contribution in [3.8, 4) is 0 Å². The number of aldehydes is 2. The fourth-order valence-electron chi connectivity index (χ4n) is 1.24. The van der Waals surface area contributed by atoms with Gasteiger partial charge in [-0.05, 0) is 5.56 Å². The Morgan fingerprint density at radius 3 is 2.20 bits per heavy atom. The van der Waals surface area contributed by atoms with Crippen LogP contribution in [-0.2, 0) is 20.9 Å². The molecule has 80 valence electrons. The predicted octanol–water partition coefficient (Wildman–Crippen LogP) is 1.75. The van der Waals surface area contributed by atoms with E-state index in [0.717, 1.165) is 18.1 Å². The zero-order valence-corrected chi connectivity index (χ0v) is 8.46. The Balaban J connectivity index is 2.39. The van der Waals surface area contributed by atoms with Gasteiger partial charge in [-0.1, -0.05) is 30.3 Å². The molecule has 0 aliphatic rings. The molecule has 0 atom stereocenters. The van der Waals surface area contributed by atoms with Gasteiger partial charge in [0.1, 0.15) is 12.6 Å². The highest BCUT2D eigenvalue weighted by Crippen LogP contribution is 2.06. The van der Waals surface area contributed by atoms with Gasteiger partial charge in [-0.15, -0.1) is 0 Å². The molecule has 1 rings (SSSR count). The molecule has 0 heterocycles. The summed E-state index contributed by atoms with van der Waals surface area (Å²) < 4.78 is 5.45. The van der Waals surface area contributed by atoms with Crippen molar-refractivity contribution in [3.63, 3.8) is 0 Å². The number of carbonyl (C=O) groups is 2. The van der Waals surface area contributed by atoms with Crippen molar-refractivity contribution >= 4 is 12.6 Å². The summed E-state index contributed by atoms with van der Waals surface area (Å²) in [5.41, 5.74) is 1.04. The maximum atomic E-state index is 10.3. The average Bonchev–Trinajstić information content (AvgIpc) is 2.28. The smallest absolute Gasteiger partial charge is 0.122 e. The van der Waals surface area contributed by atoms with E-state index in [1.54, 1.807) is 0 Å². The number of hydrogen-bond acceptors (Lipinski definition) is 3. The van der Waals surface area contributed by atoms with Crippen LogP contribution in [0.2, 0.25) is 0 Å². The minimum Gasteiger partial charge on any atom is -0.373 e. The van der Waals surface area contributed by atoms with E-state index in [9.17, 15) is 9.59 Å². The summed E-state index contributed by atoms with van der Waals surface area (Å²) in [7, 11) is 0. The molecule has 0 aromatic heterocycles. The summed E-state index contributed by atoms with van der Waals surface area (Å²) in [6.07, 6.45) is 1.80. The number of hydrogen-bond donors (Lipinski definition) is 0. The number of rotatable bonds is 7. The molecule has 0 bridgehead atoms. The van der Waals surface area contributed by atoms with Crippen LogP contribution < -0.4 is 0 Å². The minimum absolute atomic E-state index is 0.269. The lowest BCUT2D eigenvalue weighted by atomic mass is 10.2. The molecule has 0 saturated heterocycles. The van der Waals surface area contributed by atoms with E-state index in [4.69, 9.17) is 4.74 Å². The van der Waals surface area contributed by atoms with E-state index in [1.807, 2.05) is 30.3 Å². The van der Waals surface area contributed by atoms with Gasteiger partial charge in [0.2, 0.25) is 0 Å². The molecule has 0 N–H and O–H groups in total. The Labute approximate surface area is 89.1 Å².